The van der Waals surface area contributed by atoms with Gasteiger partial charge < -0.3 is 35.2 Å². The molecule has 0 bridgehead atoms. The molecule has 40 heavy (non-hydrogen) atoms. The van der Waals surface area contributed by atoms with Crippen molar-refractivity contribution in [2.75, 3.05) is 18.4 Å². The summed E-state index contributed by atoms with van der Waals surface area (Å²) in [5.74, 6) is -0.229. The first-order chi connectivity index (χ1) is 18.8. The number of hydrogen-bond acceptors (Lipinski definition) is 8. The Labute approximate surface area is 240 Å². The van der Waals surface area contributed by atoms with Gasteiger partial charge in [0, 0.05) is 12.0 Å². The Balaban J connectivity index is 1.64. The number of carbonyl (C=O) groups excluding carboxylic acids is 3. The largest absolute Gasteiger partial charge is 0.444 e. The van der Waals surface area contributed by atoms with Crippen molar-refractivity contribution in [3.05, 3.63) is 47.3 Å². The maximum absolute atomic E-state index is 13.1. The number of nitrogens with one attached hydrogen (secondary N) is 3. The minimum Gasteiger partial charge on any atom is -0.444 e. The smallest absolute Gasteiger partial charge is 0.407 e. The highest BCUT2D eigenvalue weighted by molar-refractivity contribution is 7.82. The van der Waals surface area contributed by atoms with Gasteiger partial charge in [-0.3, -0.25) is 4.79 Å². The third-order valence-electron chi connectivity index (χ3n) is 7.26. The second-order valence-corrected chi connectivity index (χ2v) is 11.7. The molecule has 3 rings (SSSR count). The number of likely N-dealkylation sites (tertiary alicyclic amines) is 1. The van der Waals surface area contributed by atoms with E-state index in [0.29, 0.717) is 36.5 Å². The Morgan fingerprint density at radius 3 is 2.52 bits per heavy atom. The highest BCUT2D eigenvalue weighted by Crippen LogP contribution is 2.33. The van der Waals surface area contributed by atoms with Crippen molar-refractivity contribution in [1.82, 2.24) is 20.7 Å². The van der Waals surface area contributed by atoms with Crippen molar-refractivity contribution >= 4 is 36.3 Å². The number of aryl methyl sites for hydroxylation is 2. The zero-order chi connectivity index (χ0) is 29.7. The normalized spacial score (nSPS) is 19.3. The fourth-order valence-electron chi connectivity index (χ4n) is 4.68. The van der Waals surface area contributed by atoms with Crippen LogP contribution >= 0.6 is 12.6 Å². The number of aliphatic hydroxyl groups is 1. The van der Waals surface area contributed by atoms with Crippen LogP contribution in [0.4, 0.5) is 15.3 Å². The minimum absolute atomic E-state index is 0.162. The summed E-state index contributed by atoms with van der Waals surface area (Å²) in [4.78, 5) is 38.4. The molecular weight excluding hydrogens is 534 g/mol. The molecule has 0 aliphatic carbocycles. The number of nitrogens with zero attached hydrogens (tertiary/aromatic N) is 2. The molecule has 0 radical (unpaired) electrons. The van der Waals surface area contributed by atoms with Crippen molar-refractivity contribution in [3.8, 4) is 0 Å². The molecule has 2 heterocycles. The van der Waals surface area contributed by atoms with Gasteiger partial charge >= 0.3 is 12.1 Å². The molecule has 1 aliphatic rings. The van der Waals surface area contributed by atoms with Crippen LogP contribution < -0.4 is 16.0 Å². The van der Waals surface area contributed by atoms with Crippen molar-refractivity contribution in [2.24, 2.45) is 5.41 Å². The van der Waals surface area contributed by atoms with E-state index in [2.05, 4.69) is 33.7 Å². The Morgan fingerprint density at radius 1 is 1.25 bits per heavy atom. The van der Waals surface area contributed by atoms with Crippen molar-refractivity contribution in [2.45, 2.75) is 83.9 Å². The van der Waals surface area contributed by atoms with Gasteiger partial charge in [-0.05, 0) is 32.8 Å². The molecule has 12 heteroatoms. The molecule has 1 aromatic heterocycles. The number of alkyl carbamates (subject to hydrolysis) is 1. The monoisotopic (exact) mass is 575 g/mol. The van der Waals surface area contributed by atoms with E-state index in [0.717, 1.165) is 12.0 Å². The first kappa shape index (κ1) is 31.3. The molecule has 1 aromatic carbocycles. The molecule has 4 amide bonds. The Bertz CT molecular complexity index is 1170. The van der Waals surface area contributed by atoms with Crippen LogP contribution in [-0.2, 0) is 9.53 Å². The highest BCUT2D eigenvalue weighted by atomic mass is 32.1. The predicted octanol–water partition coefficient (Wildman–Crippen LogP) is 4.31. The molecule has 0 saturated carbocycles. The van der Waals surface area contributed by atoms with Gasteiger partial charge in [0.2, 0.25) is 4.93 Å². The van der Waals surface area contributed by atoms with Gasteiger partial charge in [0.1, 0.15) is 17.5 Å². The SMILES string of the molecule is CCCC[C@H](NC(=O)O[C@@H]1CN(C(=O)Nc2c(C)noc2C)CC1(C)C)[C@@](O)(S)C(=O)N[C@H](C)c1ccccc1. The molecule has 1 fully saturated rings. The van der Waals surface area contributed by atoms with Crippen LogP contribution in [0.15, 0.2) is 34.9 Å². The average molecular weight is 576 g/mol. The number of rotatable bonds is 10. The standard InChI is InChI=1S/C28H41N5O6S/c1-7-8-14-21(28(37,40)24(34)29-17(2)20-12-10-9-11-13-20)30-26(36)38-22-15-33(16-27(22,5)6)25(35)31-23-18(3)32-39-19(23)4/h9-13,17,21-22,37,40H,7-8,14-16H2,1-6H3,(H,29,34)(H,30,36)(H,31,35)/t17-,21+,22-,28-/m1/s1. The van der Waals surface area contributed by atoms with E-state index in [1.807, 2.05) is 51.1 Å². The number of benzene rings is 1. The van der Waals surface area contributed by atoms with Gasteiger partial charge in [0.15, 0.2) is 5.76 Å². The van der Waals surface area contributed by atoms with Crippen LogP contribution in [0.2, 0.25) is 0 Å². The summed E-state index contributed by atoms with van der Waals surface area (Å²) in [6, 6.07) is 7.57. The lowest BCUT2D eigenvalue weighted by Gasteiger charge is -2.33. The predicted molar refractivity (Wildman–Crippen MR) is 154 cm³/mol. The van der Waals surface area contributed by atoms with Crippen LogP contribution in [0.25, 0.3) is 0 Å². The van der Waals surface area contributed by atoms with Crippen molar-refractivity contribution in [1.29, 1.82) is 0 Å². The van der Waals surface area contributed by atoms with E-state index in [4.69, 9.17) is 9.26 Å². The molecule has 1 aliphatic heterocycles. The first-order valence-corrected chi connectivity index (χ1v) is 14.0. The number of hydrogen-bond donors (Lipinski definition) is 5. The minimum atomic E-state index is -2.19. The molecule has 4 atom stereocenters. The number of carbonyl (C=O) groups is 3. The van der Waals surface area contributed by atoms with Crippen LogP contribution in [0.1, 0.15) is 70.0 Å². The second-order valence-electron chi connectivity index (χ2n) is 11.1. The van der Waals surface area contributed by atoms with Gasteiger partial charge in [0.25, 0.3) is 5.91 Å². The molecule has 11 nitrogen and oxygen atoms in total. The van der Waals surface area contributed by atoms with Gasteiger partial charge in [-0.2, -0.15) is 0 Å². The van der Waals surface area contributed by atoms with Crippen LogP contribution in [0.5, 0.6) is 0 Å². The highest BCUT2D eigenvalue weighted by Gasteiger charge is 2.46. The number of anilines is 1. The number of unbranched alkanes of at least 4 members (excludes halogenated alkanes) is 1. The van der Waals surface area contributed by atoms with Gasteiger partial charge in [-0.25, -0.2) is 9.59 Å². The lowest BCUT2D eigenvalue weighted by atomic mass is 9.90. The zero-order valence-electron chi connectivity index (χ0n) is 24.0. The summed E-state index contributed by atoms with van der Waals surface area (Å²) in [6.07, 6.45) is 0.293. The van der Waals surface area contributed by atoms with Crippen LogP contribution in [0, 0.1) is 19.3 Å². The Morgan fingerprint density at radius 2 is 1.93 bits per heavy atom. The first-order valence-electron chi connectivity index (χ1n) is 13.5. The number of thiol groups is 1. The van der Waals surface area contributed by atoms with Crippen molar-refractivity contribution in [3.63, 3.8) is 0 Å². The van der Waals surface area contributed by atoms with E-state index >= 15 is 0 Å². The lowest BCUT2D eigenvalue weighted by Crippen LogP contribution is -2.58. The summed E-state index contributed by atoms with van der Waals surface area (Å²) < 4.78 is 10.9. The number of urea groups is 1. The molecule has 0 spiro atoms. The molecule has 220 valence electrons. The lowest BCUT2D eigenvalue weighted by molar-refractivity contribution is -0.134. The maximum Gasteiger partial charge on any atom is 0.407 e. The summed E-state index contributed by atoms with van der Waals surface area (Å²) in [7, 11) is 0. The molecule has 4 N–H and O–H groups in total. The second kappa shape index (κ2) is 12.9. The Kier molecular flexibility index (Phi) is 10.1. The van der Waals surface area contributed by atoms with Crippen LogP contribution in [-0.4, -0.2) is 63.4 Å². The fraction of sp³-hybridized carbons (Fsp3) is 0.571. The number of aromatic nitrogens is 1. The third kappa shape index (κ3) is 7.48. The fourth-order valence-corrected chi connectivity index (χ4v) is 4.94. The molecule has 0 unspecified atom stereocenters. The molecule has 1 saturated heterocycles. The zero-order valence-corrected chi connectivity index (χ0v) is 24.9. The number of ether oxygens (including phenoxy) is 1. The van der Waals surface area contributed by atoms with E-state index in [-0.39, 0.29) is 18.6 Å². The quantitative estimate of drug-likeness (QED) is 0.210. The van der Waals surface area contributed by atoms with Gasteiger partial charge in [-0.15, -0.1) is 12.6 Å². The van der Waals surface area contributed by atoms with E-state index < -0.39 is 34.5 Å². The van der Waals surface area contributed by atoms with Gasteiger partial charge in [0.05, 0.1) is 18.6 Å². The van der Waals surface area contributed by atoms with E-state index in [1.54, 1.807) is 25.7 Å². The van der Waals surface area contributed by atoms with Crippen LogP contribution in [0.3, 0.4) is 0 Å². The van der Waals surface area contributed by atoms with Gasteiger partial charge in [-0.1, -0.05) is 69.1 Å². The molecule has 2 aromatic rings. The Hall–Kier alpha value is -3.25. The van der Waals surface area contributed by atoms with Crippen molar-refractivity contribution < 1.29 is 28.8 Å². The summed E-state index contributed by atoms with van der Waals surface area (Å²) in [6.45, 7) is 11.5. The maximum atomic E-state index is 13.1. The third-order valence-corrected chi connectivity index (χ3v) is 7.78. The molecular formula is C28H41N5O6S. The average Bonchev–Trinajstić information content (AvgIpc) is 3.38. The van der Waals surface area contributed by atoms with E-state index in [1.165, 1.54) is 0 Å². The summed E-state index contributed by atoms with van der Waals surface area (Å²) in [5, 5.41) is 23.3. The number of amides is 4. The summed E-state index contributed by atoms with van der Waals surface area (Å²) >= 11 is 4.29. The topological polar surface area (TPSA) is 146 Å². The van der Waals surface area contributed by atoms with E-state index in [9.17, 15) is 19.5 Å². The summed E-state index contributed by atoms with van der Waals surface area (Å²) in [5.41, 5.74) is 1.39.